The molecule has 1 aromatic carbocycles. The predicted octanol–water partition coefficient (Wildman–Crippen LogP) is 5.98. The standard InChI is InChI=1S/C25H21BrN4OS/c1-16-7-8-18(19(26)13-16)21-9-10-22(31-21)24-23(20-6-2-3-12-28-20)29-25(32)30(24)15-17-5-4-11-27-14-17/h2-14,23-24H,15H2,1H3,(H,29,32). The second kappa shape index (κ2) is 8.84. The summed E-state index contributed by atoms with van der Waals surface area (Å²) in [5, 5.41) is 4.13. The first-order chi connectivity index (χ1) is 15.6. The van der Waals surface area contributed by atoms with Crippen LogP contribution in [0.25, 0.3) is 11.3 Å². The average molecular weight is 505 g/mol. The lowest BCUT2D eigenvalue weighted by atomic mass is 10.0. The summed E-state index contributed by atoms with van der Waals surface area (Å²) in [5.41, 5.74) is 4.21. The quantitative estimate of drug-likeness (QED) is 0.337. The molecule has 7 heteroatoms. The minimum atomic E-state index is -0.143. The third-order valence-corrected chi connectivity index (χ3v) is 6.59. The maximum Gasteiger partial charge on any atom is 0.170 e. The van der Waals surface area contributed by atoms with Crippen molar-refractivity contribution < 1.29 is 4.42 Å². The fourth-order valence-electron chi connectivity index (χ4n) is 4.05. The lowest BCUT2D eigenvalue weighted by molar-refractivity contribution is 0.269. The van der Waals surface area contributed by atoms with E-state index >= 15 is 0 Å². The van der Waals surface area contributed by atoms with Gasteiger partial charge in [0.15, 0.2) is 5.11 Å². The summed E-state index contributed by atoms with van der Waals surface area (Å²) in [4.78, 5) is 11.0. The van der Waals surface area contributed by atoms with Crippen molar-refractivity contribution in [2.24, 2.45) is 0 Å². The molecule has 0 amide bonds. The SMILES string of the molecule is Cc1ccc(-c2ccc(C3C(c4ccccn4)NC(=S)N3Cc3cccnc3)o2)c(Br)c1. The van der Waals surface area contributed by atoms with E-state index in [1.54, 1.807) is 12.4 Å². The zero-order valence-electron chi connectivity index (χ0n) is 17.4. The topological polar surface area (TPSA) is 54.2 Å². The molecule has 0 radical (unpaired) electrons. The Labute approximate surface area is 200 Å². The second-order valence-corrected chi connectivity index (χ2v) is 9.04. The van der Waals surface area contributed by atoms with Crippen LogP contribution in [0.15, 0.2) is 88.1 Å². The molecule has 160 valence electrons. The molecule has 0 saturated carbocycles. The lowest BCUT2D eigenvalue weighted by Gasteiger charge is -2.26. The van der Waals surface area contributed by atoms with Crippen molar-refractivity contribution in [2.75, 3.05) is 0 Å². The number of furan rings is 1. The zero-order valence-corrected chi connectivity index (χ0v) is 19.8. The highest BCUT2D eigenvalue weighted by Crippen LogP contribution is 2.42. The molecule has 1 fully saturated rings. The fourth-order valence-corrected chi connectivity index (χ4v) is 5.04. The summed E-state index contributed by atoms with van der Waals surface area (Å²) in [7, 11) is 0. The summed E-state index contributed by atoms with van der Waals surface area (Å²) < 4.78 is 7.43. The van der Waals surface area contributed by atoms with Crippen LogP contribution in [-0.2, 0) is 6.54 Å². The van der Waals surface area contributed by atoms with Crippen molar-refractivity contribution in [1.82, 2.24) is 20.2 Å². The van der Waals surface area contributed by atoms with E-state index in [0.717, 1.165) is 32.8 Å². The molecule has 1 N–H and O–H groups in total. The number of hydrogen-bond donors (Lipinski definition) is 1. The Bertz CT molecular complexity index is 1250. The minimum absolute atomic E-state index is 0.124. The van der Waals surface area contributed by atoms with E-state index in [2.05, 4.69) is 67.3 Å². The molecule has 1 aliphatic heterocycles. The highest BCUT2D eigenvalue weighted by molar-refractivity contribution is 9.10. The number of hydrogen-bond acceptors (Lipinski definition) is 4. The highest BCUT2D eigenvalue weighted by Gasteiger charge is 2.41. The van der Waals surface area contributed by atoms with Gasteiger partial charge in [0.1, 0.15) is 17.6 Å². The van der Waals surface area contributed by atoms with Gasteiger partial charge in [-0.1, -0.05) is 34.1 Å². The maximum absolute atomic E-state index is 6.43. The number of aromatic nitrogens is 2. The molecular weight excluding hydrogens is 484 g/mol. The van der Waals surface area contributed by atoms with Crippen LogP contribution < -0.4 is 5.32 Å². The minimum Gasteiger partial charge on any atom is -0.459 e. The lowest BCUT2D eigenvalue weighted by Crippen LogP contribution is -2.29. The van der Waals surface area contributed by atoms with Crippen LogP contribution in [0.4, 0.5) is 0 Å². The van der Waals surface area contributed by atoms with E-state index in [9.17, 15) is 0 Å². The summed E-state index contributed by atoms with van der Waals surface area (Å²) >= 11 is 9.42. The van der Waals surface area contributed by atoms with Gasteiger partial charge in [0.05, 0.1) is 11.7 Å². The highest BCUT2D eigenvalue weighted by atomic mass is 79.9. The van der Waals surface area contributed by atoms with Crippen LogP contribution in [0.5, 0.6) is 0 Å². The third kappa shape index (κ3) is 4.06. The Kier molecular flexibility index (Phi) is 5.76. The molecule has 4 aromatic rings. The predicted molar refractivity (Wildman–Crippen MR) is 132 cm³/mol. The first kappa shape index (κ1) is 20.8. The van der Waals surface area contributed by atoms with Crippen molar-refractivity contribution in [3.63, 3.8) is 0 Å². The molecule has 2 atom stereocenters. The molecule has 5 rings (SSSR count). The molecule has 3 aromatic heterocycles. The Balaban J connectivity index is 1.55. The van der Waals surface area contributed by atoms with Crippen LogP contribution in [0.3, 0.4) is 0 Å². The van der Waals surface area contributed by atoms with E-state index in [0.29, 0.717) is 11.7 Å². The number of pyridine rings is 2. The number of thiocarbonyl (C=S) groups is 1. The van der Waals surface area contributed by atoms with Crippen LogP contribution >= 0.6 is 28.1 Å². The van der Waals surface area contributed by atoms with Crippen molar-refractivity contribution in [2.45, 2.75) is 25.6 Å². The number of benzene rings is 1. The zero-order chi connectivity index (χ0) is 22.1. The van der Waals surface area contributed by atoms with Gasteiger partial charge in [-0.25, -0.2) is 0 Å². The molecule has 5 nitrogen and oxygen atoms in total. The smallest absolute Gasteiger partial charge is 0.170 e. The Morgan fingerprint density at radius 3 is 2.75 bits per heavy atom. The third-order valence-electron chi connectivity index (χ3n) is 5.58. The van der Waals surface area contributed by atoms with Gasteiger partial charge in [-0.05, 0) is 72.7 Å². The number of rotatable bonds is 5. The summed E-state index contributed by atoms with van der Waals surface area (Å²) in [6, 6.07) is 19.9. The first-order valence-electron chi connectivity index (χ1n) is 10.3. The van der Waals surface area contributed by atoms with Crippen molar-refractivity contribution in [3.05, 3.63) is 106 Å². The molecule has 0 bridgehead atoms. The number of halogens is 1. The van der Waals surface area contributed by atoms with E-state index in [-0.39, 0.29) is 12.1 Å². The maximum atomic E-state index is 6.43. The molecular formula is C25H21BrN4OS. The normalized spacial score (nSPS) is 18.1. The first-order valence-corrected chi connectivity index (χ1v) is 11.5. The van der Waals surface area contributed by atoms with Gasteiger partial charge in [-0.3, -0.25) is 9.97 Å². The summed E-state index contributed by atoms with van der Waals surface area (Å²) in [5.74, 6) is 1.64. The van der Waals surface area contributed by atoms with Crippen LogP contribution in [0.1, 0.15) is 34.7 Å². The average Bonchev–Trinajstić information content (AvgIpc) is 3.40. The van der Waals surface area contributed by atoms with Crippen molar-refractivity contribution in [3.8, 4) is 11.3 Å². The van der Waals surface area contributed by atoms with Gasteiger partial charge in [-0.15, -0.1) is 0 Å². The monoisotopic (exact) mass is 504 g/mol. The number of aryl methyl sites for hydroxylation is 1. The molecule has 2 unspecified atom stereocenters. The van der Waals surface area contributed by atoms with E-state index in [4.69, 9.17) is 16.6 Å². The van der Waals surface area contributed by atoms with Gasteiger partial charge in [-0.2, -0.15) is 0 Å². The van der Waals surface area contributed by atoms with Crippen molar-refractivity contribution in [1.29, 1.82) is 0 Å². The summed E-state index contributed by atoms with van der Waals surface area (Å²) in [6.07, 6.45) is 5.44. The molecule has 1 saturated heterocycles. The Morgan fingerprint density at radius 2 is 2.00 bits per heavy atom. The molecule has 0 aliphatic carbocycles. The van der Waals surface area contributed by atoms with Gasteiger partial charge in [0, 0.05) is 35.2 Å². The van der Waals surface area contributed by atoms with Gasteiger partial charge >= 0.3 is 0 Å². The fraction of sp³-hybridized carbons (Fsp3) is 0.160. The molecule has 1 aliphatic rings. The summed E-state index contributed by atoms with van der Waals surface area (Å²) in [6.45, 7) is 2.69. The van der Waals surface area contributed by atoms with E-state index in [1.807, 2.05) is 42.6 Å². The van der Waals surface area contributed by atoms with E-state index < -0.39 is 0 Å². The largest absolute Gasteiger partial charge is 0.459 e. The molecule has 0 spiro atoms. The Hall–Kier alpha value is -3.03. The van der Waals surface area contributed by atoms with Gasteiger partial charge in [0.2, 0.25) is 0 Å². The second-order valence-electron chi connectivity index (χ2n) is 7.80. The van der Waals surface area contributed by atoms with Crippen LogP contribution in [0.2, 0.25) is 0 Å². The van der Waals surface area contributed by atoms with Gasteiger partial charge < -0.3 is 14.6 Å². The number of nitrogens with zero attached hydrogens (tertiary/aromatic N) is 3. The van der Waals surface area contributed by atoms with Crippen LogP contribution in [-0.4, -0.2) is 20.0 Å². The van der Waals surface area contributed by atoms with Gasteiger partial charge in [0.25, 0.3) is 0 Å². The van der Waals surface area contributed by atoms with E-state index in [1.165, 1.54) is 5.56 Å². The van der Waals surface area contributed by atoms with Crippen molar-refractivity contribution >= 4 is 33.3 Å². The number of nitrogens with one attached hydrogen (secondary N) is 1. The Morgan fingerprint density at radius 1 is 1.09 bits per heavy atom. The molecule has 32 heavy (non-hydrogen) atoms. The van der Waals surface area contributed by atoms with Crippen LogP contribution in [0, 0.1) is 6.92 Å². The molecule has 4 heterocycles.